The monoisotopic (exact) mass is 440 g/mol. The molecule has 32 heavy (non-hydrogen) atoms. The molecule has 1 aromatic heterocycles. The molecule has 0 radical (unpaired) electrons. The van der Waals surface area contributed by atoms with Gasteiger partial charge in [-0.25, -0.2) is 9.78 Å². The van der Waals surface area contributed by atoms with Gasteiger partial charge in [-0.3, -0.25) is 9.69 Å². The number of carbonyl (C=O) groups is 2. The number of carbonyl (C=O) groups excluding carboxylic acids is 1. The van der Waals surface area contributed by atoms with Crippen molar-refractivity contribution in [2.24, 2.45) is 5.41 Å². The van der Waals surface area contributed by atoms with Crippen LogP contribution in [0.15, 0.2) is 12.3 Å². The lowest BCUT2D eigenvalue weighted by molar-refractivity contribution is -0.139. The van der Waals surface area contributed by atoms with Crippen LogP contribution in [-0.4, -0.2) is 70.4 Å². The van der Waals surface area contributed by atoms with Gasteiger partial charge in [0.2, 0.25) is 5.91 Å². The largest absolute Gasteiger partial charge is 0.465 e. The number of piperidine rings is 1. The Labute approximate surface area is 189 Å². The zero-order valence-corrected chi connectivity index (χ0v) is 18.7. The molecular weight excluding hydrogens is 408 g/mol. The molecule has 0 bridgehead atoms. The number of nitrogens with zero attached hydrogens (tertiary/aromatic N) is 4. The van der Waals surface area contributed by atoms with E-state index in [1.54, 1.807) is 12.3 Å². The van der Waals surface area contributed by atoms with Gasteiger partial charge in [-0.05, 0) is 63.5 Å². The van der Waals surface area contributed by atoms with Crippen molar-refractivity contribution in [3.8, 4) is 12.3 Å². The number of hydrogen-bond acceptors (Lipinski definition) is 5. The standard InChI is InChI=1S/C24H32N4O4/c1-3-11-28(23(31)32)19-14-17(2)21(25-15-19)26-12-4-9-24(16-26)10-13-27(22(24)30)18-5-7-20(29)8-6-18/h1,14-15,18,20,29H,4-13,16H2,2H3,(H,31,32)/t18-,20+,24?. The van der Waals surface area contributed by atoms with Gasteiger partial charge in [-0.15, -0.1) is 6.42 Å². The molecule has 2 N–H and O–H groups in total. The lowest BCUT2D eigenvalue weighted by atomic mass is 9.78. The van der Waals surface area contributed by atoms with E-state index in [2.05, 4.69) is 20.7 Å². The summed E-state index contributed by atoms with van der Waals surface area (Å²) in [6.45, 7) is 4.13. The van der Waals surface area contributed by atoms with Gasteiger partial charge in [0.1, 0.15) is 5.82 Å². The van der Waals surface area contributed by atoms with Crippen LogP contribution >= 0.6 is 0 Å². The van der Waals surface area contributed by atoms with Crippen molar-refractivity contribution in [3.63, 3.8) is 0 Å². The maximum absolute atomic E-state index is 13.5. The Kier molecular flexibility index (Phi) is 6.29. The van der Waals surface area contributed by atoms with Crippen molar-refractivity contribution >= 4 is 23.5 Å². The molecule has 3 aliphatic rings. The number of aromatic nitrogens is 1. The molecule has 1 aromatic rings. The zero-order valence-electron chi connectivity index (χ0n) is 18.7. The van der Waals surface area contributed by atoms with Crippen LogP contribution in [0.4, 0.5) is 16.3 Å². The summed E-state index contributed by atoms with van der Waals surface area (Å²) in [7, 11) is 0. The Hall–Kier alpha value is -2.79. The van der Waals surface area contributed by atoms with Crippen LogP contribution in [0.1, 0.15) is 50.5 Å². The summed E-state index contributed by atoms with van der Waals surface area (Å²) in [5.41, 5.74) is 0.940. The SMILES string of the molecule is C#CCN(C(=O)O)c1cnc(N2CCCC3(CCN([C@H]4CC[C@@H](O)CC4)C3=O)C2)c(C)c1. The fourth-order valence-electron chi connectivity index (χ4n) is 5.65. The molecule has 4 rings (SSSR count). The summed E-state index contributed by atoms with van der Waals surface area (Å²) in [5.74, 6) is 3.42. The van der Waals surface area contributed by atoms with Gasteiger partial charge in [0.05, 0.1) is 29.9 Å². The van der Waals surface area contributed by atoms with Gasteiger partial charge in [0.15, 0.2) is 0 Å². The number of pyridine rings is 1. The van der Waals surface area contributed by atoms with Gasteiger partial charge >= 0.3 is 6.09 Å². The summed E-state index contributed by atoms with van der Waals surface area (Å²) in [6.07, 6.45) is 11.5. The Morgan fingerprint density at radius 3 is 2.72 bits per heavy atom. The Morgan fingerprint density at radius 2 is 2.06 bits per heavy atom. The van der Waals surface area contributed by atoms with Crippen LogP contribution < -0.4 is 9.80 Å². The molecular formula is C24H32N4O4. The van der Waals surface area contributed by atoms with Gasteiger partial charge in [-0.1, -0.05) is 5.92 Å². The molecule has 2 amide bonds. The van der Waals surface area contributed by atoms with Crippen molar-refractivity contribution in [1.82, 2.24) is 9.88 Å². The van der Waals surface area contributed by atoms with Gasteiger partial charge in [-0.2, -0.15) is 0 Å². The van der Waals surface area contributed by atoms with E-state index in [1.165, 1.54) is 0 Å². The number of terminal acetylenes is 1. The fraction of sp³-hybridized carbons (Fsp3) is 0.625. The molecule has 2 saturated heterocycles. The fourth-order valence-corrected chi connectivity index (χ4v) is 5.65. The molecule has 2 aliphatic heterocycles. The number of rotatable bonds is 4. The van der Waals surface area contributed by atoms with E-state index in [-0.39, 0.29) is 30.0 Å². The molecule has 8 heteroatoms. The number of aryl methyl sites for hydroxylation is 1. The number of hydrogen-bond donors (Lipinski definition) is 2. The molecule has 3 heterocycles. The number of amides is 2. The van der Waals surface area contributed by atoms with Crippen molar-refractivity contribution < 1.29 is 19.8 Å². The molecule has 1 atom stereocenters. The molecule has 0 aromatic carbocycles. The van der Waals surface area contributed by atoms with Crippen LogP contribution in [0.2, 0.25) is 0 Å². The minimum atomic E-state index is -1.11. The maximum atomic E-state index is 13.5. The number of aliphatic hydroxyl groups excluding tert-OH is 1. The first kappa shape index (κ1) is 22.4. The van der Waals surface area contributed by atoms with Crippen LogP contribution in [-0.2, 0) is 4.79 Å². The third kappa shape index (κ3) is 4.14. The Morgan fingerprint density at radius 1 is 1.31 bits per heavy atom. The highest BCUT2D eigenvalue weighted by molar-refractivity contribution is 5.87. The predicted octanol–water partition coefficient (Wildman–Crippen LogP) is 2.63. The second kappa shape index (κ2) is 8.99. The van der Waals surface area contributed by atoms with E-state index in [0.29, 0.717) is 12.2 Å². The minimum Gasteiger partial charge on any atom is -0.465 e. The van der Waals surface area contributed by atoms with Gasteiger partial charge in [0, 0.05) is 25.7 Å². The highest BCUT2D eigenvalue weighted by atomic mass is 16.4. The zero-order chi connectivity index (χ0) is 22.9. The van der Waals surface area contributed by atoms with Crippen molar-refractivity contribution in [1.29, 1.82) is 0 Å². The summed E-state index contributed by atoms with van der Waals surface area (Å²) < 4.78 is 0. The first-order valence-corrected chi connectivity index (χ1v) is 11.5. The third-order valence-corrected chi connectivity index (χ3v) is 7.36. The first-order chi connectivity index (χ1) is 15.3. The quantitative estimate of drug-likeness (QED) is 0.699. The lowest BCUT2D eigenvalue weighted by Crippen LogP contribution is -2.50. The highest BCUT2D eigenvalue weighted by Crippen LogP contribution is 2.43. The summed E-state index contributed by atoms with van der Waals surface area (Å²) in [6, 6.07) is 2.04. The normalized spacial score (nSPS) is 28.1. The summed E-state index contributed by atoms with van der Waals surface area (Å²) in [4.78, 5) is 35.0. The lowest BCUT2D eigenvalue weighted by Gasteiger charge is -2.41. The van der Waals surface area contributed by atoms with E-state index in [1.807, 2.05) is 6.92 Å². The van der Waals surface area contributed by atoms with Crippen molar-refractivity contribution in [2.75, 3.05) is 36.0 Å². The van der Waals surface area contributed by atoms with Crippen LogP contribution in [0.3, 0.4) is 0 Å². The maximum Gasteiger partial charge on any atom is 0.412 e. The number of likely N-dealkylation sites (tertiary alicyclic amines) is 1. The molecule has 8 nitrogen and oxygen atoms in total. The van der Waals surface area contributed by atoms with E-state index >= 15 is 0 Å². The van der Waals surface area contributed by atoms with E-state index in [9.17, 15) is 19.8 Å². The Balaban J connectivity index is 1.50. The first-order valence-electron chi connectivity index (χ1n) is 11.5. The van der Waals surface area contributed by atoms with Crippen molar-refractivity contribution in [3.05, 3.63) is 17.8 Å². The third-order valence-electron chi connectivity index (χ3n) is 7.36. The predicted molar refractivity (Wildman–Crippen MR) is 122 cm³/mol. The number of aliphatic hydroxyl groups is 1. The molecule has 3 fully saturated rings. The van der Waals surface area contributed by atoms with Crippen LogP contribution in [0.25, 0.3) is 0 Å². The smallest absolute Gasteiger partial charge is 0.412 e. The Bertz CT molecular complexity index is 921. The van der Waals surface area contributed by atoms with Crippen LogP contribution in [0, 0.1) is 24.7 Å². The van der Waals surface area contributed by atoms with Gasteiger partial charge in [0.25, 0.3) is 0 Å². The topological polar surface area (TPSA) is 97.2 Å². The van der Waals surface area contributed by atoms with E-state index in [0.717, 1.165) is 74.3 Å². The van der Waals surface area contributed by atoms with Gasteiger partial charge < -0.3 is 20.0 Å². The average molecular weight is 441 g/mol. The number of carboxylic acid groups (broad SMARTS) is 1. The summed E-state index contributed by atoms with van der Waals surface area (Å²) >= 11 is 0. The average Bonchev–Trinajstić information content (AvgIpc) is 3.07. The van der Waals surface area contributed by atoms with E-state index in [4.69, 9.17) is 6.42 Å². The molecule has 1 unspecified atom stereocenters. The minimum absolute atomic E-state index is 0.0366. The molecule has 1 aliphatic carbocycles. The van der Waals surface area contributed by atoms with E-state index < -0.39 is 6.09 Å². The van der Waals surface area contributed by atoms with Crippen molar-refractivity contribution in [2.45, 2.75) is 64.0 Å². The summed E-state index contributed by atoms with van der Waals surface area (Å²) in [5, 5.41) is 19.2. The molecule has 1 spiro atoms. The molecule has 1 saturated carbocycles. The second-order valence-corrected chi connectivity index (χ2v) is 9.42. The second-order valence-electron chi connectivity index (χ2n) is 9.42. The molecule has 172 valence electrons. The number of anilines is 2. The van der Waals surface area contributed by atoms with Crippen LogP contribution in [0.5, 0.6) is 0 Å². The highest BCUT2D eigenvalue weighted by Gasteiger charge is 2.50.